The van der Waals surface area contributed by atoms with Crippen LogP contribution in [0.1, 0.15) is 26.7 Å². The number of hydrogen-bond acceptors (Lipinski definition) is 6. The van der Waals surface area contributed by atoms with Gasteiger partial charge in [-0.25, -0.2) is 0 Å². The molecule has 6 nitrogen and oxygen atoms in total. The molecule has 1 aliphatic heterocycles. The Bertz CT molecular complexity index is 319. The van der Waals surface area contributed by atoms with E-state index in [1.807, 2.05) is 0 Å². The Morgan fingerprint density at radius 1 is 1.00 bits per heavy atom. The standard InChI is InChI=1S/C13H20O6/c1-9(14)16-7-11-3-4-12(8-17-10(2)15)13(11)18-5-6-19-13/h11-12H,3-8H2,1-2H3/t11-,12+. The van der Waals surface area contributed by atoms with Crippen LogP contribution < -0.4 is 0 Å². The SMILES string of the molecule is CC(=O)OC[C@H]1CC[C@@H](COC(C)=O)C12OCCO2. The van der Waals surface area contributed by atoms with Gasteiger partial charge in [0.15, 0.2) is 5.79 Å². The maximum absolute atomic E-state index is 10.9. The summed E-state index contributed by atoms with van der Waals surface area (Å²) in [4.78, 5) is 21.9. The van der Waals surface area contributed by atoms with Crippen molar-refractivity contribution in [3.63, 3.8) is 0 Å². The fraction of sp³-hybridized carbons (Fsp3) is 0.846. The fourth-order valence-corrected chi connectivity index (χ4v) is 2.89. The third-order valence-corrected chi connectivity index (χ3v) is 3.72. The Kier molecular flexibility index (Phi) is 4.42. The molecule has 1 spiro atoms. The lowest BCUT2D eigenvalue weighted by molar-refractivity contribution is -0.225. The minimum Gasteiger partial charge on any atom is -0.465 e. The number of hydrogen-bond donors (Lipinski definition) is 0. The van der Waals surface area contributed by atoms with Crippen molar-refractivity contribution in [3.8, 4) is 0 Å². The van der Waals surface area contributed by atoms with Gasteiger partial charge in [0.05, 0.1) is 26.4 Å². The van der Waals surface area contributed by atoms with Crippen LogP contribution in [0.15, 0.2) is 0 Å². The van der Waals surface area contributed by atoms with E-state index in [2.05, 4.69) is 0 Å². The van der Waals surface area contributed by atoms with Crippen LogP contribution in [0.3, 0.4) is 0 Å². The van der Waals surface area contributed by atoms with E-state index in [1.165, 1.54) is 13.8 Å². The predicted octanol–water partition coefficient (Wildman–Crippen LogP) is 0.882. The number of carbonyl (C=O) groups excluding carboxylic acids is 2. The second-order valence-electron chi connectivity index (χ2n) is 4.99. The van der Waals surface area contributed by atoms with Gasteiger partial charge in [-0.15, -0.1) is 0 Å². The number of ether oxygens (including phenoxy) is 4. The second-order valence-corrected chi connectivity index (χ2v) is 4.99. The van der Waals surface area contributed by atoms with E-state index in [1.54, 1.807) is 0 Å². The zero-order valence-corrected chi connectivity index (χ0v) is 11.3. The number of esters is 2. The van der Waals surface area contributed by atoms with Gasteiger partial charge in [0, 0.05) is 25.7 Å². The van der Waals surface area contributed by atoms with E-state index in [0.29, 0.717) is 13.2 Å². The minimum atomic E-state index is -0.759. The van der Waals surface area contributed by atoms with E-state index in [0.717, 1.165) is 12.8 Å². The molecule has 1 aliphatic carbocycles. The quantitative estimate of drug-likeness (QED) is 0.708. The first-order chi connectivity index (χ1) is 9.04. The lowest BCUT2D eigenvalue weighted by Gasteiger charge is -2.34. The molecule has 0 aromatic carbocycles. The molecule has 0 aromatic rings. The normalized spacial score (nSPS) is 28.5. The minimum absolute atomic E-state index is 0.000502. The van der Waals surface area contributed by atoms with Gasteiger partial charge in [-0.05, 0) is 12.8 Å². The van der Waals surface area contributed by atoms with Gasteiger partial charge >= 0.3 is 11.9 Å². The van der Waals surface area contributed by atoms with Crippen LogP contribution in [0.2, 0.25) is 0 Å². The summed E-state index contributed by atoms with van der Waals surface area (Å²) >= 11 is 0. The Labute approximate surface area is 112 Å². The van der Waals surface area contributed by atoms with Crippen LogP contribution in [0.5, 0.6) is 0 Å². The topological polar surface area (TPSA) is 71.1 Å². The van der Waals surface area contributed by atoms with Gasteiger partial charge in [0.1, 0.15) is 0 Å². The summed E-state index contributed by atoms with van der Waals surface area (Å²) in [6.07, 6.45) is 1.67. The monoisotopic (exact) mass is 272 g/mol. The van der Waals surface area contributed by atoms with Gasteiger partial charge in [0.2, 0.25) is 0 Å². The molecule has 0 amide bonds. The summed E-state index contributed by atoms with van der Waals surface area (Å²) in [5.74, 6) is -1.38. The zero-order valence-electron chi connectivity index (χ0n) is 11.3. The van der Waals surface area contributed by atoms with Crippen molar-refractivity contribution in [2.24, 2.45) is 11.8 Å². The Balaban J connectivity index is 2.01. The van der Waals surface area contributed by atoms with Crippen LogP contribution in [0, 0.1) is 11.8 Å². The van der Waals surface area contributed by atoms with Crippen LogP contribution in [0.4, 0.5) is 0 Å². The third kappa shape index (κ3) is 3.06. The lowest BCUT2D eigenvalue weighted by atomic mass is 9.97. The second kappa shape index (κ2) is 5.88. The van der Waals surface area contributed by atoms with Crippen LogP contribution in [-0.4, -0.2) is 44.2 Å². The summed E-state index contributed by atoms with van der Waals surface area (Å²) in [5, 5.41) is 0. The molecule has 108 valence electrons. The van der Waals surface area contributed by atoms with Gasteiger partial charge < -0.3 is 18.9 Å². The maximum atomic E-state index is 10.9. The highest BCUT2D eigenvalue weighted by Crippen LogP contribution is 2.46. The lowest BCUT2D eigenvalue weighted by Crippen LogP contribution is -2.45. The van der Waals surface area contributed by atoms with Crippen molar-refractivity contribution < 1.29 is 28.5 Å². The molecule has 1 saturated carbocycles. The largest absolute Gasteiger partial charge is 0.465 e. The molecule has 0 N–H and O–H groups in total. The predicted molar refractivity (Wildman–Crippen MR) is 64.1 cm³/mol. The summed E-state index contributed by atoms with van der Waals surface area (Å²) < 4.78 is 21.7. The van der Waals surface area contributed by atoms with Gasteiger partial charge in [-0.2, -0.15) is 0 Å². The fourth-order valence-electron chi connectivity index (χ4n) is 2.89. The van der Waals surface area contributed by atoms with E-state index in [4.69, 9.17) is 18.9 Å². The summed E-state index contributed by atoms with van der Waals surface area (Å²) in [6.45, 7) is 4.38. The molecule has 2 atom stereocenters. The molecule has 6 heteroatoms. The van der Waals surface area contributed by atoms with E-state index >= 15 is 0 Å². The van der Waals surface area contributed by atoms with Crippen molar-refractivity contribution in [2.75, 3.05) is 26.4 Å². The number of carbonyl (C=O) groups is 2. The Morgan fingerprint density at radius 3 is 1.79 bits per heavy atom. The first-order valence-corrected chi connectivity index (χ1v) is 6.59. The average molecular weight is 272 g/mol. The summed E-state index contributed by atoms with van der Waals surface area (Å²) in [6, 6.07) is 0. The van der Waals surface area contributed by atoms with Crippen LogP contribution in [-0.2, 0) is 28.5 Å². The first kappa shape index (κ1) is 14.3. The molecule has 1 saturated heterocycles. The van der Waals surface area contributed by atoms with E-state index in [-0.39, 0.29) is 37.0 Å². The van der Waals surface area contributed by atoms with Gasteiger partial charge in [0.25, 0.3) is 0 Å². The van der Waals surface area contributed by atoms with Gasteiger partial charge in [-0.1, -0.05) is 0 Å². The van der Waals surface area contributed by atoms with E-state index in [9.17, 15) is 9.59 Å². The van der Waals surface area contributed by atoms with Crippen molar-refractivity contribution in [1.29, 1.82) is 0 Å². The average Bonchev–Trinajstić information content (AvgIpc) is 2.94. The molecular weight excluding hydrogens is 252 g/mol. The van der Waals surface area contributed by atoms with Crippen molar-refractivity contribution in [1.82, 2.24) is 0 Å². The zero-order chi connectivity index (χ0) is 13.9. The Morgan fingerprint density at radius 2 is 1.42 bits per heavy atom. The van der Waals surface area contributed by atoms with Crippen LogP contribution in [0.25, 0.3) is 0 Å². The smallest absolute Gasteiger partial charge is 0.302 e. The highest BCUT2D eigenvalue weighted by atomic mass is 16.7. The molecule has 0 unspecified atom stereocenters. The molecule has 2 rings (SSSR count). The highest BCUT2D eigenvalue weighted by Gasteiger charge is 2.55. The molecule has 2 aliphatic rings. The molecule has 2 fully saturated rings. The number of rotatable bonds is 4. The summed E-state index contributed by atoms with van der Waals surface area (Å²) in [7, 11) is 0. The first-order valence-electron chi connectivity index (χ1n) is 6.59. The van der Waals surface area contributed by atoms with Gasteiger partial charge in [-0.3, -0.25) is 9.59 Å². The molecule has 0 aromatic heterocycles. The third-order valence-electron chi connectivity index (χ3n) is 3.72. The Hall–Kier alpha value is -1.14. The molecule has 0 radical (unpaired) electrons. The maximum Gasteiger partial charge on any atom is 0.302 e. The molecule has 1 heterocycles. The van der Waals surface area contributed by atoms with Crippen molar-refractivity contribution >= 4 is 11.9 Å². The van der Waals surface area contributed by atoms with Crippen molar-refractivity contribution in [2.45, 2.75) is 32.5 Å². The molecule has 0 bridgehead atoms. The van der Waals surface area contributed by atoms with E-state index < -0.39 is 5.79 Å². The molecular formula is C13H20O6. The summed E-state index contributed by atoms with van der Waals surface area (Å²) in [5.41, 5.74) is 0. The molecule has 19 heavy (non-hydrogen) atoms. The highest BCUT2D eigenvalue weighted by molar-refractivity contribution is 5.66. The van der Waals surface area contributed by atoms with Crippen LogP contribution >= 0.6 is 0 Å². The van der Waals surface area contributed by atoms with Crippen molar-refractivity contribution in [3.05, 3.63) is 0 Å².